The Labute approximate surface area is 195 Å². The molecule has 0 radical (unpaired) electrons. The van der Waals surface area contributed by atoms with Gasteiger partial charge in [0, 0.05) is 43.3 Å². The summed E-state index contributed by atoms with van der Waals surface area (Å²) >= 11 is 6.00. The summed E-state index contributed by atoms with van der Waals surface area (Å²) in [5.41, 5.74) is 2.70. The van der Waals surface area contributed by atoms with Gasteiger partial charge in [0.2, 0.25) is 0 Å². The number of nitrogens with zero attached hydrogens (tertiary/aromatic N) is 3. The molecular weight excluding hydrogens is 451 g/mol. The van der Waals surface area contributed by atoms with Gasteiger partial charge in [-0.05, 0) is 37.1 Å². The number of piperidine rings is 1. The molecule has 2 aromatic carbocycles. The van der Waals surface area contributed by atoms with Crippen molar-refractivity contribution in [2.75, 3.05) is 38.7 Å². The molecule has 33 heavy (non-hydrogen) atoms. The van der Waals surface area contributed by atoms with E-state index in [1.165, 1.54) is 23.4 Å². The first-order chi connectivity index (χ1) is 16.0. The van der Waals surface area contributed by atoms with Crippen molar-refractivity contribution in [1.82, 2.24) is 14.9 Å². The van der Waals surface area contributed by atoms with Crippen LogP contribution in [0.25, 0.3) is 22.2 Å². The minimum atomic E-state index is -0.900. The van der Waals surface area contributed by atoms with Crippen LogP contribution >= 0.6 is 11.6 Å². The Morgan fingerprint density at radius 2 is 2.03 bits per heavy atom. The Bertz CT molecular complexity index is 1150. The molecule has 0 spiro atoms. The zero-order chi connectivity index (χ0) is 23.4. The van der Waals surface area contributed by atoms with Crippen LogP contribution in [0.4, 0.5) is 14.9 Å². The van der Waals surface area contributed by atoms with E-state index in [0.29, 0.717) is 61.7 Å². The second kappa shape index (κ2) is 10.2. The highest BCUT2D eigenvalue weighted by molar-refractivity contribution is 6.31. The number of amides is 1. The van der Waals surface area contributed by atoms with E-state index in [0.717, 1.165) is 11.1 Å². The predicted molar refractivity (Wildman–Crippen MR) is 124 cm³/mol. The smallest absolute Gasteiger partial charge is 0.407 e. The maximum Gasteiger partial charge on any atom is 0.407 e. The fraction of sp³-hybridized carbons (Fsp3) is 0.348. The molecule has 1 saturated heterocycles. The Hall–Kier alpha value is -3.17. The lowest BCUT2D eigenvalue weighted by molar-refractivity contribution is 0.133. The number of rotatable bonds is 7. The largest absolute Gasteiger partial charge is 0.489 e. The van der Waals surface area contributed by atoms with Crippen molar-refractivity contribution in [3.8, 4) is 17.0 Å². The highest BCUT2D eigenvalue weighted by Gasteiger charge is 2.23. The first kappa shape index (κ1) is 23.0. The average Bonchev–Trinajstić information content (AvgIpc) is 2.81. The number of methoxy groups -OCH3 is 1. The molecular formula is C23H24ClFN4O4. The van der Waals surface area contributed by atoms with Gasteiger partial charge >= 0.3 is 6.09 Å². The second-order valence-electron chi connectivity index (χ2n) is 7.75. The van der Waals surface area contributed by atoms with E-state index in [9.17, 15) is 14.3 Å². The normalized spacial score (nSPS) is 14.5. The van der Waals surface area contributed by atoms with Crippen molar-refractivity contribution in [2.24, 2.45) is 0 Å². The van der Waals surface area contributed by atoms with Crippen LogP contribution in [-0.4, -0.2) is 65.5 Å². The third-order valence-electron chi connectivity index (χ3n) is 5.60. The third-order valence-corrected chi connectivity index (χ3v) is 5.89. The van der Waals surface area contributed by atoms with Crippen molar-refractivity contribution in [1.29, 1.82) is 0 Å². The summed E-state index contributed by atoms with van der Waals surface area (Å²) < 4.78 is 24.7. The zero-order valence-electron chi connectivity index (χ0n) is 18.1. The molecule has 1 aliphatic rings. The van der Waals surface area contributed by atoms with Gasteiger partial charge in [-0.2, -0.15) is 0 Å². The lowest BCUT2D eigenvalue weighted by Gasteiger charge is -2.31. The Balaban J connectivity index is 1.70. The van der Waals surface area contributed by atoms with Gasteiger partial charge in [-0.15, -0.1) is 0 Å². The fourth-order valence-corrected chi connectivity index (χ4v) is 4.04. The molecule has 174 valence electrons. The molecule has 1 amide bonds. The molecule has 8 nitrogen and oxygen atoms in total. The van der Waals surface area contributed by atoms with Crippen LogP contribution in [0.2, 0.25) is 5.02 Å². The first-order valence-electron chi connectivity index (χ1n) is 10.6. The van der Waals surface area contributed by atoms with Crippen LogP contribution < -0.4 is 10.1 Å². The lowest BCUT2D eigenvalue weighted by Crippen LogP contribution is -2.41. The fourth-order valence-electron chi connectivity index (χ4n) is 3.86. The van der Waals surface area contributed by atoms with Gasteiger partial charge in [0.15, 0.2) is 0 Å². The molecule has 10 heteroatoms. The van der Waals surface area contributed by atoms with E-state index in [4.69, 9.17) is 21.1 Å². The van der Waals surface area contributed by atoms with Crippen molar-refractivity contribution >= 4 is 34.3 Å². The van der Waals surface area contributed by atoms with Crippen LogP contribution in [-0.2, 0) is 4.74 Å². The van der Waals surface area contributed by atoms with E-state index in [2.05, 4.69) is 15.3 Å². The van der Waals surface area contributed by atoms with Crippen LogP contribution in [0, 0.1) is 5.82 Å². The molecule has 1 fully saturated rings. The number of benzene rings is 2. The number of nitrogens with one attached hydrogen (secondary N) is 1. The maximum atomic E-state index is 13.7. The summed E-state index contributed by atoms with van der Waals surface area (Å²) in [4.78, 5) is 21.4. The van der Waals surface area contributed by atoms with Crippen LogP contribution in [0.5, 0.6) is 5.75 Å². The molecule has 2 N–H and O–H groups in total. The van der Waals surface area contributed by atoms with Gasteiger partial charge in [0.05, 0.1) is 28.5 Å². The van der Waals surface area contributed by atoms with E-state index in [1.807, 2.05) is 12.1 Å². The molecule has 4 rings (SSSR count). The molecule has 0 saturated carbocycles. The summed E-state index contributed by atoms with van der Waals surface area (Å²) in [5, 5.41) is 13.5. The number of halogens is 2. The SMILES string of the molecule is COCCOc1cc2ncnc(-c3ccc(F)c(Cl)c3)c2cc1NC1CCN(C(=O)O)CC1. The van der Waals surface area contributed by atoms with E-state index in [-0.39, 0.29) is 11.1 Å². The average molecular weight is 475 g/mol. The van der Waals surface area contributed by atoms with E-state index in [1.54, 1.807) is 13.2 Å². The van der Waals surface area contributed by atoms with Crippen LogP contribution in [0.15, 0.2) is 36.7 Å². The van der Waals surface area contributed by atoms with Gasteiger partial charge < -0.3 is 24.8 Å². The number of likely N-dealkylation sites (tertiary alicyclic amines) is 1. The van der Waals surface area contributed by atoms with Crippen molar-refractivity contribution in [3.63, 3.8) is 0 Å². The molecule has 0 unspecified atom stereocenters. The summed E-state index contributed by atoms with van der Waals surface area (Å²) in [6.07, 6.45) is 1.89. The first-order valence-corrected chi connectivity index (χ1v) is 10.9. The Kier molecular flexibility index (Phi) is 7.10. The summed E-state index contributed by atoms with van der Waals surface area (Å²) in [7, 11) is 1.60. The number of aromatic nitrogens is 2. The molecule has 0 atom stereocenters. The molecule has 0 bridgehead atoms. The number of fused-ring (bicyclic) bond motifs is 1. The van der Waals surface area contributed by atoms with Crippen molar-refractivity contribution in [2.45, 2.75) is 18.9 Å². The highest BCUT2D eigenvalue weighted by Crippen LogP contribution is 2.36. The topological polar surface area (TPSA) is 96.8 Å². The maximum absolute atomic E-state index is 13.7. The monoisotopic (exact) mass is 474 g/mol. The lowest BCUT2D eigenvalue weighted by atomic mass is 10.0. The summed E-state index contributed by atoms with van der Waals surface area (Å²) in [6, 6.07) is 8.29. The number of hydrogen-bond acceptors (Lipinski definition) is 6. The van der Waals surface area contributed by atoms with E-state index < -0.39 is 11.9 Å². The number of anilines is 1. The molecule has 3 aromatic rings. The van der Waals surface area contributed by atoms with Crippen molar-refractivity contribution in [3.05, 3.63) is 47.5 Å². The van der Waals surface area contributed by atoms with Crippen molar-refractivity contribution < 1.29 is 23.8 Å². The van der Waals surface area contributed by atoms with Gasteiger partial charge in [-0.3, -0.25) is 0 Å². The summed E-state index contributed by atoms with van der Waals surface area (Å²) in [6.45, 7) is 1.71. The second-order valence-corrected chi connectivity index (χ2v) is 8.15. The predicted octanol–water partition coefficient (Wildman–Crippen LogP) is 4.67. The number of ether oxygens (including phenoxy) is 2. The standard InChI is InChI=1S/C23H24ClFN4O4/c1-32-8-9-33-21-12-19-16(11-20(21)28-15-4-6-29(7-5-15)23(30)31)22(27-13-26-19)14-2-3-18(25)17(24)10-14/h2-3,10-13,15,28H,4-9H2,1H3,(H,30,31). The van der Waals surface area contributed by atoms with Gasteiger partial charge in [-0.25, -0.2) is 19.2 Å². The number of carbonyl (C=O) groups is 1. The highest BCUT2D eigenvalue weighted by atomic mass is 35.5. The van der Waals surface area contributed by atoms with Gasteiger partial charge in [0.1, 0.15) is 24.5 Å². The van der Waals surface area contributed by atoms with Crippen LogP contribution in [0.3, 0.4) is 0 Å². The number of hydrogen-bond donors (Lipinski definition) is 2. The van der Waals surface area contributed by atoms with Gasteiger partial charge in [-0.1, -0.05) is 11.6 Å². The minimum Gasteiger partial charge on any atom is -0.489 e. The summed E-state index contributed by atoms with van der Waals surface area (Å²) in [5.74, 6) is 0.115. The van der Waals surface area contributed by atoms with E-state index >= 15 is 0 Å². The molecule has 0 aliphatic carbocycles. The Morgan fingerprint density at radius 1 is 1.24 bits per heavy atom. The Morgan fingerprint density at radius 3 is 2.73 bits per heavy atom. The van der Waals surface area contributed by atoms with Crippen LogP contribution in [0.1, 0.15) is 12.8 Å². The minimum absolute atomic E-state index is 0.0160. The number of carboxylic acid groups (broad SMARTS) is 1. The molecule has 1 aromatic heterocycles. The zero-order valence-corrected chi connectivity index (χ0v) is 18.8. The molecule has 2 heterocycles. The quantitative estimate of drug-likeness (QED) is 0.480. The van der Waals surface area contributed by atoms with Gasteiger partial charge in [0.25, 0.3) is 0 Å². The third kappa shape index (κ3) is 5.26. The molecule has 1 aliphatic heterocycles.